The second-order valence-corrected chi connectivity index (χ2v) is 9.72. The van der Waals surface area contributed by atoms with Crippen LogP contribution in [0.5, 0.6) is 17.2 Å². The van der Waals surface area contributed by atoms with Crippen LogP contribution in [0.3, 0.4) is 0 Å². The van der Waals surface area contributed by atoms with Gasteiger partial charge in [-0.3, -0.25) is 4.79 Å². The predicted octanol–water partition coefficient (Wildman–Crippen LogP) is 7.21. The number of hydrogen-bond acceptors (Lipinski definition) is 6. The molecule has 1 unspecified atom stereocenters. The van der Waals surface area contributed by atoms with E-state index in [1.54, 1.807) is 61.5 Å². The molecule has 42 heavy (non-hydrogen) atoms. The maximum Gasteiger partial charge on any atom is 0.345 e. The van der Waals surface area contributed by atoms with Crippen LogP contribution in [0.4, 0.5) is 0 Å². The fraction of sp³-hybridized carbons (Fsp3) is 0.0882. The zero-order chi connectivity index (χ0) is 29.3. The molecular weight excluding hydrogens is 552 g/mol. The Morgan fingerprint density at radius 2 is 1.52 bits per heavy atom. The highest BCUT2D eigenvalue weighted by atomic mass is 35.5. The number of amides is 1. The van der Waals surface area contributed by atoms with Crippen molar-refractivity contribution in [3.63, 3.8) is 0 Å². The van der Waals surface area contributed by atoms with E-state index in [0.29, 0.717) is 23.7 Å². The molecule has 5 rings (SSSR count). The van der Waals surface area contributed by atoms with Crippen molar-refractivity contribution in [3.05, 3.63) is 137 Å². The molecule has 0 aliphatic heterocycles. The lowest BCUT2D eigenvalue weighted by Crippen LogP contribution is -2.33. The first kappa shape index (κ1) is 28.4. The summed E-state index contributed by atoms with van der Waals surface area (Å²) in [5.74, 6) is 0.416. The Bertz CT molecular complexity index is 1720. The summed E-state index contributed by atoms with van der Waals surface area (Å²) in [5.41, 5.74) is 4.34. The normalized spacial score (nSPS) is 11.7. The molecule has 0 fully saturated rings. The summed E-state index contributed by atoms with van der Waals surface area (Å²) < 4.78 is 17.3. The molecule has 0 bridgehead atoms. The van der Waals surface area contributed by atoms with Gasteiger partial charge in [-0.05, 0) is 65.7 Å². The summed E-state index contributed by atoms with van der Waals surface area (Å²) in [7, 11) is 0. The van der Waals surface area contributed by atoms with Gasteiger partial charge in [0.2, 0.25) is 0 Å². The van der Waals surface area contributed by atoms with Gasteiger partial charge in [-0.15, -0.1) is 0 Å². The van der Waals surface area contributed by atoms with E-state index >= 15 is 0 Å². The number of esters is 1. The highest BCUT2D eigenvalue weighted by Gasteiger charge is 2.17. The molecule has 8 heteroatoms. The maximum absolute atomic E-state index is 12.8. The van der Waals surface area contributed by atoms with Crippen LogP contribution in [-0.4, -0.2) is 24.2 Å². The Labute approximate surface area is 248 Å². The molecule has 0 saturated heterocycles. The molecule has 1 amide bonds. The van der Waals surface area contributed by atoms with Gasteiger partial charge < -0.3 is 14.2 Å². The largest absolute Gasteiger partial charge is 0.489 e. The van der Waals surface area contributed by atoms with E-state index in [4.69, 9.17) is 25.8 Å². The first-order chi connectivity index (χ1) is 20.5. The second kappa shape index (κ2) is 13.5. The summed E-state index contributed by atoms with van der Waals surface area (Å²) in [6.07, 6.45) is 0.615. The number of ether oxygens (including phenoxy) is 3. The first-order valence-electron chi connectivity index (χ1n) is 13.2. The molecule has 0 radical (unpaired) electrons. The molecule has 0 aliphatic carbocycles. The fourth-order valence-corrected chi connectivity index (χ4v) is 4.36. The van der Waals surface area contributed by atoms with Gasteiger partial charge in [-0.1, -0.05) is 84.4 Å². The molecule has 0 aliphatic rings. The number of hydrogen-bond donors (Lipinski definition) is 1. The molecule has 5 aromatic rings. The van der Waals surface area contributed by atoms with Crippen molar-refractivity contribution in [2.75, 3.05) is 0 Å². The molecule has 0 aromatic heterocycles. The van der Waals surface area contributed by atoms with Crippen molar-refractivity contribution in [1.82, 2.24) is 5.43 Å². The summed E-state index contributed by atoms with van der Waals surface area (Å²) in [4.78, 5) is 25.6. The fourth-order valence-electron chi connectivity index (χ4n) is 4.14. The van der Waals surface area contributed by atoms with Crippen LogP contribution in [0.15, 0.2) is 120 Å². The van der Waals surface area contributed by atoms with E-state index in [2.05, 4.69) is 10.5 Å². The highest BCUT2D eigenvalue weighted by Crippen LogP contribution is 2.28. The van der Waals surface area contributed by atoms with E-state index < -0.39 is 18.0 Å². The van der Waals surface area contributed by atoms with Gasteiger partial charge in [0, 0.05) is 5.56 Å². The number of benzene rings is 5. The van der Waals surface area contributed by atoms with Crippen molar-refractivity contribution in [2.24, 2.45) is 5.10 Å². The van der Waals surface area contributed by atoms with Crippen molar-refractivity contribution in [1.29, 1.82) is 0 Å². The lowest BCUT2D eigenvalue weighted by atomic mass is 10.0. The molecule has 0 heterocycles. The summed E-state index contributed by atoms with van der Waals surface area (Å²) in [6.45, 7) is 2.08. The molecule has 210 valence electrons. The van der Waals surface area contributed by atoms with Crippen LogP contribution < -0.4 is 19.6 Å². The Balaban J connectivity index is 1.23. The number of carbonyl (C=O) groups excluding carboxylic acids is 2. The molecule has 5 aromatic carbocycles. The van der Waals surface area contributed by atoms with Crippen LogP contribution >= 0.6 is 11.6 Å². The Hall–Kier alpha value is -5.14. The van der Waals surface area contributed by atoms with Crippen molar-refractivity contribution in [3.8, 4) is 17.2 Å². The lowest BCUT2D eigenvalue weighted by molar-refractivity contribution is -0.127. The van der Waals surface area contributed by atoms with Gasteiger partial charge in [-0.2, -0.15) is 5.10 Å². The van der Waals surface area contributed by atoms with Gasteiger partial charge in [-0.25, -0.2) is 10.2 Å². The van der Waals surface area contributed by atoms with E-state index in [1.807, 2.05) is 60.7 Å². The predicted molar refractivity (Wildman–Crippen MR) is 163 cm³/mol. The number of nitrogens with zero attached hydrogens (tertiary/aromatic N) is 1. The molecular formula is C34H27ClN2O5. The minimum Gasteiger partial charge on any atom is -0.489 e. The number of fused-ring (bicyclic) bond motifs is 1. The molecule has 1 atom stereocenters. The number of hydrazone groups is 1. The van der Waals surface area contributed by atoms with Gasteiger partial charge >= 0.3 is 5.97 Å². The van der Waals surface area contributed by atoms with Gasteiger partial charge in [0.1, 0.15) is 23.9 Å². The average molecular weight is 579 g/mol. The van der Waals surface area contributed by atoms with Gasteiger partial charge in [0.15, 0.2) is 6.10 Å². The summed E-state index contributed by atoms with van der Waals surface area (Å²) in [5, 5.41) is 6.13. The van der Waals surface area contributed by atoms with E-state index in [1.165, 1.54) is 6.21 Å². The van der Waals surface area contributed by atoms with Crippen molar-refractivity contribution >= 4 is 40.5 Å². The molecule has 0 saturated carbocycles. The lowest BCUT2D eigenvalue weighted by Gasteiger charge is -2.14. The first-order valence-corrected chi connectivity index (χ1v) is 13.6. The second-order valence-electron chi connectivity index (χ2n) is 9.31. The Kier molecular flexibility index (Phi) is 9.11. The Morgan fingerprint density at radius 3 is 2.31 bits per heavy atom. The number of carbonyl (C=O) groups is 2. The van der Waals surface area contributed by atoms with Crippen LogP contribution in [0, 0.1) is 0 Å². The molecule has 1 N–H and O–H groups in total. The van der Waals surface area contributed by atoms with Crippen molar-refractivity contribution in [2.45, 2.75) is 19.6 Å². The number of halogens is 1. The number of nitrogens with one attached hydrogen (secondary N) is 1. The zero-order valence-electron chi connectivity index (χ0n) is 22.7. The van der Waals surface area contributed by atoms with Crippen LogP contribution in [-0.2, 0) is 11.4 Å². The quantitative estimate of drug-likeness (QED) is 0.0819. The molecule has 7 nitrogen and oxygen atoms in total. The third-order valence-corrected chi connectivity index (χ3v) is 6.68. The third-order valence-electron chi connectivity index (χ3n) is 6.35. The van der Waals surface area contributed by atoms with Crippen LogP contribution in [0.2, 0.25) is 5.02 Å². The van der Waals surface area contributed by atoms with E-state index in [9.17, 15) is 9.59 Å². The Morgan fingerprint density at radius 1 is 0.833 bits per heavy atom. The minimum atomic E-state index is -0.830. The van der Waals surface area contributed by atoms with Crippen LogP contribution in [0.1, 0.15) is 28.4 Å². The van der Waals surface area contributed by atoms with Crippen molar-refractivity contribution < 1.29 is 23.8 Å². The monoisotopic (exact) mass is 578 g/mol. The van der Waals surface area contributed by atoms with Crippen LogP contribution in [0.25, 0.3) is 10.8 Å². The van der Waals surface area contributed by atoms with Gasteiger partial charge in [0.05, 0.1) is 16.8 Å². The smallest absolute Gasteiger partial charge is 0.345 e. The zero-order valence-corrected chi connectivity index (χ0v) is 23.5. The van der Waals surface area contributed by atoms with E-state index in [-0.39, 0.29) is 16.3 Å². The van der Waals surface area contributed by atoms with Gasteiger partial charge in [0.25, 0.3) is 5.91 Å². The average Bonchev–Trinajstić information content (AvgIpc) is 3.02. The SMILES string of the molecule is CC(Oc1ccc(OCc2ccccc2)cc1)C(=O)NN=Cc1c(OC(=O)c2ccccc2Cl)ccc2ccccc12. The summed E-state index contributed by atoms with van der Waals surface area (Å²) >= 11 is 6.18. The standard InChI is InChI=1S/C34H27ClN2O5/c1-23(41-27-18-16-26(17-19-27)40-22-24-9-3-2-4-10-24)33(38)37-36-21-30-28-12-6-5-11-25(28)15-20-32(30)42-34(39)29-13-7-8-14-31(29)35/h2-21,23H,22H2,1H3,(H,37,38). The number of rotatable bonds is 10. The van der Waals surface area contributed by atoms with E-state index in [0.717, 1.165) is 16.3 Å². The summed E-state index contributed by atoms with van der Waals surface area (Å²) in [6, 6.07) is 34.7. The third kappa shape index (κ3) is 7.13. The topological polar surface area (TPSA) is 86.2 Å². The highest BCUT2D eigenvalue weighted by molar-refractivity contribution is 6.33. The molecule has 0 spiro atoms. The maximum atomic E-state index is 12.8. The minimum absolute atomic E-state index is 0.241.